The summed E-state index contributed by atoms with van der Waals surface area (Å²) >= 11 is 7.62. The summed E-state index contributed by atoms with van der Waals surface area (Å²) in [6.45, 7) is 4.59. The molecule has 3 aromatic rings. The molecule has 0 bridgehead atoms. The van der Waals surface area contributed by atoms with Gasteiger partial charge in [0.1, 0.15) is 17.4 Å². The van der Waals surface area contributed by atoms with Crippen molar-refractivity contribution in [3.8, 4) is 23.1 Å². The maximum absolute atomic E-state index is 13.0. The van der Waals surface area contributed by atoms with Crippen molar-refractivity contribution < 1.29 is 14.3 Å². The molecule has 0 saturated carbocycles. The van der Waals surface area contributed by atoms with Gasteiger partial charge in [0.25, 0.3) is 5.91 Å². The molecule has 4 rings (SSSR count). The molecule has 1 aliphatic heterocycles. The number of morpholine rings is 1. The van der Waals surface area contributed by atoms with Gasteiger partial charge in [0.05, 0.1) is 36.6 Å². The SMILES string of the molecule is COc1cc(Cl)c(C)cc1NC(=O)/C(C#N)=C\c1sc(N2CCOCC2)nc1-c1ccccc1. The van der Waals surface area contributed by atoms with Gasteiger partial charge in [-0.15, -0.1) is 0 Å². The van der Waals surface area contributed by atoms with Gasteiger partial charge in [0, 0.05) is 29.7 Å². The van der Waals surface area contributed by atoms with Crippen LogP contribution in [0.4, 0.5) is 10.8 Å². The van der Waals surface area contributed by atoms with E-state index in [1.54, 1.807) is 18.2 Å². The molecule has 0 radical (unpaired) electrons. The predicted octanol–water partition coefficient (Wildman–Crippen LogP) is 5.16. The van der Waals surface area contributed by atoms with Crippen molar-refractivity contribution in [3.63, 3.8) is 0 Å². The molecule has 7 nitrogen and oxygen atoms in total. The third kappa shape index (κ3) is 5.23. The van der Waals surface area contributed by atoms with Gasteiger partial charge in [0.15, 0.2) is 5.13 Å². The Morgan fingerprint density at radius 1 is 1.29 bits per heavy atom. The number of rotatable bonds is 6. The fraction of sp³-hybridized carbons (Fsp3) is 0.240. The van der Waals surface area contributed by atoms with Crippen LogP contribution in [0.5, 0.6) is 5.75 Å². The average molecular weight is 495 g/mol. The Bertz CT molecular complexity index is 1260. The number of methoxy groups -OCH3 is 1. The van der Waals surface area contributed by atoms with Crippen molar-refractivity contribution in [3.05, 3.63) is 63.5 Å². The largest absolute Gasteiger partial charge is 0.495 e. The lowest BCUT2D eigenvalue weighted by Gasteiger charge is -2.26. The summed E-state index contributed by atoms with van der Waals surface area (Å²) in [5.74, 6) is -0.124. The zero-order valence-corrected chi connectivity index (χ0v) is 20.4. The van der Waals surface area contributed by atoms with Gasteiger partial charge in [-0.2, -0.15) is 5.26 Å². The lowest BCUT2D eigenvalue weighted by atomic mass is 10.1. The summed E-state index contributed by atoms with van der Waals surface area (Å²) in [5, 5.41) is 13.9. The Kier molecular flexibility index (Phi) is 7.48. The van der Waals surface area contributed by atoms with Crippen LogP contribution in [0.15, 0.2) is 48.0 Å². The van der Waals surface area contributed by atoms with Crippen LogP contribution < -0.4 is 15.0 Å². The highest BCUT2D eigenvalue weighted by molar-refractivity contribution is 7.17. The molecule has 1 aliphatic rings. The first-order valence-corrected chi connectivity index (χ1v) is 11.9. The number of thiazole rings is 1. The highest BCUT2D eigenvalue weighted by atomic mass is 35.5. The van der Waals surface area contributed by atoms with Crippen LogP contribution in [0.2, 0.25) is 5.02 Å². The van der Waals surface area contributed by atoms with E-state index in [0.29, 0.717) is 29.7 Å². The number of aromatic nitrogens is 1. The summed E-state index contributed by atoms with van der Waals surface area (Å²) in [6.07, 6.45) is 1.59. The molecule has 34 heavy (non-hydrogen) atoms. The fourth-order valence-corrected chi connectivity index (χ4v) is 4.75. The number of carbonyl (C=O) groups is 1. The Labute approximate surface area is 207 Å². The number of nitrogens with zero attached hydrogens (tertiary/aromatic N) is 3. The number of carbonyl (C=O) groups excluding carboxylic acids is 1. The van der Waals surface area contributed by atoms with E-state index in [-0.39, 0.29) is 5.57 Å². The number of amides is 1. The van der Waals surface area contributed by atoms with Crippen molar-refractivity contribution in [1.82, 2.24) is 4.98 Å². The number of halogens is 1. The molecule has 9 heteroatoms. The van der Waals surface area contributed by atoms with Crippen molar-refractivity contribution >= 4 is 45.7 Å². The Balaban J connectivity index is 1.69. The second kappa shape index (κ2) is 10.7. The molecule has 0 unspecified atom stereocenters. The number of nitriles is 1. The number of hydrogen-bond acceptors (Lipinski definition) is 7. The van der Waals surface area contributed by atoms with Crippen molar-refractivity contribution in [2.24, 2.45) is 0 Å². The van der Waals surface area contributed by atoms with Gasteiger partial charge < -0.3 is 19.7 Å². The number of anilines is 2. The quantitative estimate of drug-likeness (QED) is 0.376. The van der Waals surface area contributed by atoms with Crippen LogP contribution in [0.3, 0.4) is 0 Å². The van der Waals surface area contributed by atoms with Crippen LogP contribution in [0.1, 0.15) is 10.4 Å². The summed E-state index contributed by atoms with van der Waals surface area (Å²) < 4.78 is 10.8. The monoisotopic (exact) mass is 494 g/mol. The minimum atomic E-state index is -0.539. The van der Waals surface area contributed by atoms with Crippen LogP contribution in [0.25, 0.3) is 17.3 Å². The van der Waals surface area contributed by atoms with Crippen molar-refractivity contribution in [2.75, 3.05) is 43.6 Å². The summed E-state index contributed by atoms with van der Waals surface area (Å²) in [5.41, 5.74) is 2.83. The van der Waals surface area contributed by atoms with Crippen LogP contribution >= 0.6 is 22.9 Å². The van der Waals surface area contributed by atoms with Gasteiger partial charge >= 0.3 is 0 Å². The molecule has 2 heterocycles. The minimum absolute atomic E-state index is 0.0379. The molecule has 2 aromatic carbocycles. The molecule has 1 aromatic heterocycles. The third-order valence-electron chi connectivity index (χ3n) is 5.34. The molecule has 1 amide bonds. The second-order valence-corrected chi connectivity index (χ2v) is 9.02. The molecule has 1 N–H and O–H groups in total. The molecule has 0 atom stereocenters. The summed E-state index contributed by atoms with van der Waals surface area (Å²) in [4.78, 5) is 20.8. The van der Waals surface area contributed by atoms with Gasteiger partial charge in [-0.3, -0.25) is 4.79 Å². The molecular formula is C25H23ClN4O3S. The first-order valence-electron chi connectivity index (χ1n) is 10.7. The topological polar surface area (TPSA) is 87.5 Å². The Hall–Kier alpha value is -3.38. The average Bonchev–Trinajstić information content (AvgIpc) is 3.29. The number of benzene rings is 2. The molecular weight excluding hydrogens is 472 g/mol. The molecule has 0 aliphatic carbocycles. The number of hydrogen-bond donors (Lipinski definition) is 1. The van der Waals surface area contributed by atoms with E-state index in [9.17, 15) is 10.1 Å². The minimum Gasteiger partial charge on any atom is -0.495 e. The first-order chi connectivity index (χ1) is 16.5. The fourth-order valence-electron chi connectivity index (χ4n) is 3.51. The van der Waals surface area contributed by atoms with Gasteiger partial charge in [-0.05, 0) is 24.6 Å². The standard InChI is InChI=1S/C25H23ClN4O3S/c1-16-12-20(21(32-2)14-19(16)26)28-24(31)18(15-27)13-22-23(17-6-4-3-5-7-17)29-25(34-22)30-8-10-33-11-9-30/h3-7,12-14H,8-11H2,1-2H3,(H,28,31)/b18-13-. The molecule has 0 spiro atoms. The Morgan fingerprint density at radius 2 is 2.03 bits per heavy atom. The van der Waals surface area contributed by atoms with Gasteiger partial charge in [0.2, 0.25) is 0 Å². The van der Waals surface area contributed by atoms with E-state index >= 15 is 0 Å². The molecule has 174 valence electrons. The van der Waals surface area contributed by atoms with Crippen molar-refractivity contribution in [1.29, 1.82) is 5.26 Å². The number of aryl methyl sites for hydroxylation is 1. The highest BCUT2D eigenvalue weighted by Gasteiger charge is 2.21. The van der Waals surface area contributed by atoms with Crippen LogP contribution in [-0.2, 0) is 9.53 Å². The van der Waals surface area contributed by atoms with Crippen LogP contribution in [0, 0.1) is 18.3 Å². The smallest absolute Gasteiger partial charge is 0.266 e. The first kappa shape index (κ1) is 23.8. The number of ether oxygens (including phenoxy) is 2. The summed E-state index contributed by atoms with van der Waals surface area (Å²) in [7, 11) is 1.49. The van der Waals surface area contributed by atoms with E-state index < -0.39 is 5.91 Å². The lowest BCUT2D eigenvalue weighted by Crippen LogP contribution is -2.36. The maximum atomic E-state index is 13.0. The van der Waals surface area contributed by atoms with E-state index in [2.05, 4.69) is 10.2 Å². The van der Waals surface area contributed by atoms with Gasteiger partial charge in [-0.25, -0.2) is 4.98 Å². The normalized spacial score (nSPS) is 13.9. The molecule has 1 fully saturated rings. The highest BCUT2D eigenvalue weighted by Crippen LogP contribution is 2.36. The zero-order chi connectivity index (χ0) is 24.1. The summed E-state index contributed by atoms with van der Waals surface area (Å²) in [6, 6.07) is 15.1. The maximum Gasteiger partial charge on any atom is 0.266 e. The molecule has 1 saturated heterocycles. The van der Waals surface area contributed by atoms with E-state index in [0.717, 1.165) is 39.9 Å². The second-order valence-electron chi connectivity index (χ2n) is 7.60. The van der Waals surface area contributed by atoms with E-state index in [1.807, 2.05) is 43.3 Å². The van der Waals surface area contributed by atoms with Crippen molar-refractivity contribution in [2.45, 2.75) is 6.92 Å². The zero-order valence-electron chi connectivity index (χ0n) is 18.8. The predicted molar refractivity (Wildman–Crippen MR) is 136 cm³/mol. The van der Waals surface area contributed by atoms with E-state index in [4.69, 9.17) is 26.1 Å². The third-order valence-corrected chi connectivity index (χ3v) is 6.81. The van der Waals surface area contributed by atoms with E-state index in [1.165, 1.54) is 18.4 Å². The number of nitrogens with one attached hydrogen (secondary N) is 1. The Morgan fingerprint density at radius 3 is 2.71 bits per heavy atom. The van der Waals surface area contributed by atoms with Gasteiger partial charge in [-0.1, -0.05) is 53.3 Å². The van der Waals surface area contributed by atoms with Crippen LogP contribution in [-0.4, -0.2) is 44.3 Å². The lowest BCUT2D eigenvalue weighted by molar-refractivity contribution is -0.112.